The van der Waals surface area contributed by atoms with Crippen molar-refractivity contribution in [1.29, 1.82) is 0 Å². The van der Waals surface area contributed by atoms with Gasteiger partial charge in [0.2, 0.25) is 5.89 Å². The highest BCUT2D eigenvalue weighted by molar-refractivity contribution is 5.71. The summed E-state index contributed by atoms with van der Waals surface area (Å²) in [6, 6.07) is 0. The Morgan fingerprint density at radius 2 is 2.11 bits per heavy atom. The molecule has 0 amide bonds. The molecule has 1 heterocycles. The second kappa shape index (κ2) is 4.23. The van der Waals surface area contributed by atoms with Gasteiger partial charge in [-0.3, -0.25) is 4.79 Å². The highest BCUT2D eigenvalue weighted by Crippen LogP contribution is 2.46. The van der Waals surface area contributed by atoms with Gasteiger partial charge < -0.3 is 9.63 Å². The van der Waals surface area contributed by atoms with E-state index in [4.69, 9.17) is 4.52 Å². The molecular weight excluding hydrogens is 232 g/mol. The number of hydrogen-bond acceptors (Lipinski definition) is 4. The average molecular weight is 248 g/mol. The number of aliphatic carboxylic acids is 1. The van der Waals surface area contributed by atoms with Gasteiger partial charge in [0.1, 0.15) is 0 Å². The highest BCUT2D eigenvalue weighted by Gasteiger charge is 2.40. The van der Waals surface area contributed by atoms with E-state index in [-0.39, 0.29) is 5.92 Å². The van der Waals surface area contributed by atoms with E-state index in [1.807, 2.05) is 12.2 Å². The second-order valence-electron chi connectivity index (χ2n) is 5.30. The van der Waals surface area contributed by atoms with Crippen molar-refractivity contribution >= 4 is 5.97 Å². The van der Waals surface area contributed by atoms with Crippen molar-refractivity contribution in [2.45, 2.75) is 38.0 Å². The van der Waals surface area contributed by atoms with Crippen LogP contribution in [0.1, 0.15) is 49.7 Å². The van der Waals surface area contributed by atoms with Gasteiger partial charge in [0.15, 0.2) is 5.82 Å². The molecule has 4 atom stereocenters. The maximum atomic E-state index is 11.2. The third-order valence-corrected chi connectivity index (χ3v) is 3.97. The van der Waals surface area contributed by atoms with Gasteiger partial charge >= 0.3 is 5.97 Å². The Kier molecular flexibility index (Phi) is 2.69. The van der Waals surface area contributed by atoms with Crippen molar-refractivity contribution in [2.75, 3.05) is 0 Å². The third kappa shape index (κ3) is 1.94. The van der Waals surface area contributed by atoms with Crippen LogP contribution in [0.15, 0.2) is 16.7 Å². The standard InChI is InChI=1S/C13H16N2O3/c1-7-6-10(7)11-14-12(18-15-11)8-4-2-3-5-9(8)13(16)17/h2-3,7-10H,4-6H2,1H3,(H,16,17)/t7?,8-,9+,10?/m1/s1. The maximum absolute atomic E-state index is 11.2. The molecule has 1 aromatic heterocycles. The molecule has 1 aromatic rings. The lowest BCUT2D eigenvalue weighted by molar-refractivity contribution is -0.142. The van der Waals surface area contributed by atoms with Gasteiger partial charge in [0.25, 0.3) is 0 Å². The van der Waals surface area contributed by atoms with E-state index < -0.39 is 11.9 Å². The summed E-state index contributed by atoms with van der Waals surface area (Å²) >= 11 is 0. The summed E-state index contributed by atoms with van der Waals surface area (Å²) < 4.78 is 5.28. The van der Waals surface area contributed by atoms with E-state index in [0.29, 0.717) is 30.6 Å². The van der Waals surface area contributed by atoms with Crippen LogP contribution in [0.5, 0.6) is 0 Å². The van der Waals surface area contributed by atoms with Gasteiger partial charge in [0, 0.05) is 5.92 Å². The summed E-state index contributed by atoms with van der Waals surface area (Å²) in [6.45, 7) is 2.16. The molecule has 3 rings (SSSR count). The lowest BCUT2D eigenvalue weighted by Gasteiger charge is -2.21. The number of carboxylic acid groups (broad SMARTS) is 1. The highest BCUT2D eigenvalue weighted by atomic mass is 16.5. The first kappa shape index (κ1) is 11.4. The van der Waals surface area contributed by atoms with E-state index in [0.717, 1.165) is 12.2 Å². The average Bonchev–Trinajstić information content (AvgIpc) is 2.92. The van der Waals surface area contributed by atoms with E-state index in [1.165, 1.54) is 0 Å². The van der Waals surface area contributed by atoms with Crippen LogP contribution in [0, 0.1) is 11.8 Å². The molecule has 0 aromatic carbocycles. The molecule has 0 radical (unpaired) electrons. The molecule has 0 bridgehead atoms. The molecule has 5 heteroatoms. The zero-order valence-electron chi connectivity index (χ0n) is 10.2. The first-order chi connectivity index (χ1) is 8.66. The summed E-state index contributed by atoms with van der Waals surface area (Å²) in [6.07, 6.45) is 6.21. The number of allylic oxidation sites excluding steroid dienone is 2. The zero-order valence-corrected chi connectivity index (χ0v) is 10.2. The fraction of sp³-hybridized carbons (Fsp3) is 0.615. The molecule has 0 saturated heterocycles. The smallest absolute Gasteiger partial charge is 0.307 e. The van der Waals surface area contributed by atoms with Crippen LogP contribution >= 0.6 is 0 Å². The van der Waals surface area contributed by atoms with E-state index in [9.17, 15) is 9.90 Å². The van der Waals surface area contributed by atoms with Gasteiger partial charge in [-0.2, -0.15) is 4.98 Å². The van der Waals surface area contributed by atoms with Gasteiger partial charge in [-0.05, 0) is 25.2 Å². The molecule has 2 aliphatic rings. The molecule has 2 unspecified atom stereocenters. The van der Waals surface area contributed by atoms with Crippen molar-refractivity contribution < 1.29 is 14.4 Å². The Balaban J connectivity index is 1.82. The van der Waals surface area contributed by atoms with E-state index >= 15 is 0 Å². The van der Waals surface area contributed by atoms with Crippen LogP contribution in [-0.4, -0.2) is 21.2 Å². The first-order valence-corrected chi connectivity index (χ1v) is 6.38. The van der Waals surface area contributed by atoms with Gasteiger partial charge in [0.05, 0.1) is 11.8 Å². The largest absolute Gasteiger partial charge is 0.481 e. The minimum Gasteiger partial charge on any atom is -0.481 e. The van der Waals surface area contributed by atoms with Crippen LogP contribution < -0.4 is 0 Å². The Morgan fingerprint density at radius 1 is 1.39 bits per heavy atom. The SMILES string of the molecule is CC1CC1c1noc([C@@H]2CC=CC[C@@H]2C(=O)O)n1. The lowest BCUT2D eigenvalue weighted by atomic mass is 9.83. The van der Waals surface area contributed by atoms with Crippen molar-refractivity contribution in [1.82, 2.24) is 10.1 Å². The summed E-state index contributed by atoms with van der Waals surface area (Å²) in [5.41, 5.74) is 0. The van der Waals surface area contributed by atoms with Gasteiger partial charge in [-0.25, -0.2) is 0 Å². The maximum Gasteiger partial charge on any atom is 0.307 e. The molecular formula is C13H16N2O3. The topological polar surface area (TPSA) is 76.2 Å². The molecule has 5 nitrogen and oxygen atoms in total. The molecule has 18 heavy (non-hydrogen) atoms. The molecule has 96 valence electrons. The van der Waals surface area contributed by atoms with Crippen molar-refractivity contribution in [3.63, 3.8) is 0 Å². The molecule has 2 aliphatic carbocycles. The number of hydrogen-bond donors (Lipinski definition) is 1. The minimum atomic E-state index is -0.788. The summed E-state index contributed by atoms with van der Waals surface area (Å²) in [5, 5.41) is 13.2. The van der Waals surface area contributed by atoms with Crippen molar-refractivity contribution in [2.24, 2.45) is 11.8 Å². The predicted molar refractivity (Wildman–Crippen MR) is 63.1 cm³/mol. The second-order valence-corrected chi connectivity index (χ2v) is 5.30. The normalized spacial score (nSPS) is 34.5. The number of rotatable bonds is 3. The Labute approximate surface area is 105 Å². The summed E-state index contributed by atoms with van der Waals surface area (Å²) in [4.78, 5) is 15.6. The van der Waals surface area contributed by atoms with Crippen LogP contribution in [0.2, 0.25) is 0 Å². The molecule has 0 spiro atoms. The number of aromatic nitrogens is 2. The van der Waals surface area contributed by atoms with Crippen LogP contribution in [0.4, 0.5) is 0 Å². The fourth-order valence-corrected chi connectivity index (χ4v) is 2.59. The van der Waals surface area contributed by atoms with Crippen LogP contribution in [0.25, 0.3) is 0 Å². The Hall–Kier alpha value is -1.65. The molecule has 0 aliphatic heterocycles. The molecule has 1 N–H and O–H groups in total. The van der Waals surface area contributed by atoms with Gasteiger partial charge in [-0.15, -0.1) is 0 Å². The fourth-order valence-electron chi connectivity index (χ4n) is 2.59. The van der Waals surface area contributed by atoms with Crippen LogP contribution in [-0.2, 0) is 4.79 Å². The number of nitrogens with zero attached hydrogens (tertiary/aromatic N) is 2. The zero-order chi connectivity index (χ0) is 12.7. The monoisotopic (exact) mass is 248 g/mol. The quantitative estimate of drug-likeness (QED) is 0.831. The predicted octanol–water partition coefficient (Wildman–Crippen LogP) is 2.33. The summed E-state index contributed by atoms with van der Waals surface area (Å²) in [7, 11) is 0. The Morgan fingerprint density at radius 3 is 2.78 bits per heavy atom. The van der Waals surface area contributed by atoms with Crippen molar-refractivity contribution in [3.05, 3.63) is 23.9 Å². The lowest BCUT2D eigenvalue weighted by Crippen LogP contribution is -2.23. The molecule has 1 fully saturated rings. The molecule has 1 saturated carbocycles. The number of carbonyl (C=O) groups is 1. The van der Waals surface area contributed by atoms with Crippen molar-refractivity contribution in [3.8, 4) is 0 Å². The third-order valence-electron chi connectivity index (χ3n) is 3.97. The van der Waals surface area contributed by atoms with Gasteiger partial charge in [-0.1, -0.05) is 24.2 Å². The Bertz CT molecular complexity index is 494. The number of carboxylic acids is 1. The van der Waals surface area contributed by atoms with E-state index in [2.05, 4.69) is 17.1 Å². The first-order valence-electron chi connectivity index (χ1n) is 6.38. The summed E-state index contributed by atoms with van der Waals surface area (Å²) in [5.74, 6) is 0.852. The van der Waals surface area contributed by atoms with Crippen LogP contribution in [0.3, 0.4) is 0 Å². The van der Waals surface area contributed by atoms with E-state index in [1.54, 1.807) is 0 Å². The minimum absolute atomic E-state index is 0.178.